The molecule has 30 heavy (non-hydrogen) atoms. The second-order valence-electron chi connectivity index (χ2n) is 8.29. The molecule has 4 aromatic rings. The molecule has 1 aliphatic rings. The van der Waals surface area contributed by atoms with Gasteiger partial charge < -0.3 is 15.7 Å². The largest absolute Gasteiger partial charge is 0.341 e. The fourth-order valence-electron chi connectivity index (χ4n) is 4.70. The van der Waals surface area contributed by atoms with Gasteiger partial charge in [0.1, 0.15) is 5.82 Å². The zero-order chi connectivity index (χ0) is 20.7. The van der Waals surface area contributed by atoms with Gasteiger partial charge in [0.2, 0.25) is 0 Å². The molecule has 6 nitrogen and oxygen atoms in total. The third kappa shape index (κ3) is 3.27. The van der Waals surface area contributed by atoms with E-state index in [0.29, 0.717) is 19.0 Å². The zero-order valence-electron chi connectivity index (χ0n) is 17.2. The van der Waals surface area contributed by atoms with Gasteiger partial charge in [-0.3, -0.25) is 4.57 Å². The van der Waals surface area contributed by atoms with Crippen molar-refractivity contribution in [2.75, 3.05) is 6.54 Å². The van der Waals surface area contributed by atoms with Gasteiger partial charge in [0.15, 0.2) is 0 Å². The summed E-state index contributed by atoms with van der Waals surface area (Å²) in [4.78, 5) is 24.0. The molecule has 0 radical (unpaired) electrons. The van der Waals surface area contributed by atoms with Crippen LogP contribution in [0.3, 0.4) is 0 Å². The molecule has 0 spiro atoms. The van der Waals surface area contributed by atoms with Crippen molar-refractivity contribution in [3.8, 4) is 22.5 Å². The van der Waals surface area contributed by atoms with Crippen LogP contribution in [0.1, 0.15) is 43.1 Å². The predicted octanol–water partition coefficient (Wildman–Crippen LogP) is 4.31. The van der Waals surface area contributed by atoms with Gasteiger partial charge in [0.25, 0.3) is 0 Å². The highest BCUT2D eigenvalue weighted by Crippen LogP contribution is 2.34. The van der Waals surface area contributed by atoms with Crippen molar-refractivity contribution in [3.05, 3.63) is 64.3 Å². The molecule has 5 rings (SSSR count). The van der Waals surface area contributed by atoms with Crippen LogP contribution >= 0.6 is 0 Å². The molecule has 0 bridgehead atoms. The minimum Gasteiger partial charge on any atom is -0.341 e. The Bertz CT molecular complexity index is 1260. The predicted molar refractivity (Wildman–Crippen MR) is 121 cm³/mol. The fourth-order valence-corrected chi connectivity index (χ4v) is 4.70. The highest BCUT2D eigenvalue weighted by atomic mass is 16.1. The molecule has 2 aromatic heterocycles. The number of aromatic amines is 2. The summed E-state index contributed by atoms with van der Waals surface area (Å²) in [6.45, 7) is 2.62. The molecular formula is C24H27N5O. The van der Waals surface area contributed by atoms with Crippen LogP contribution in [-0.4, -0.2) is 26.1 Å². The molecule has 0 aliphatic heterocycles. The highest BCUT2D eigenvalue weighted by Gasteiger charge is 2.22. The molecule has 2 aromatic carbocycles. The molecule has 1 saturated carbocycles. The monoisotopic (exact) mass is 401 g/mol. The van der Waals surface area contributed by atoms with Crippen LogP contribution in [0.2, 0.25) is 0 Å². The number of nitrogens with zero attached hydrogens (tertiary/aromatic N) is 2. The van der Waals surface area contributed by atoms with Gasteiger partial charge in [-0.2, -0.15) is 0 Å². The molecule has 6 heteroatoms. The van der Waals surface area contributed by atoms with E-state index in [1.165, 1.54) is 18.4 Å². The molecule has 154 valence electrons. The van der Waals surface area contributed by atoms with Gasteiger partial charge in [-0.1, -0.05) is 42.7 Å². The summed E-state index contributed by atoms with van der Waals surface area (Å²) in [5.41, 5.74) is 12.8. The van der Waals surface area contributed by atoms with Gasteiger partial charge >= 0.3 is 5.69 Å². The highest BCUT2D eigenvalue weighted by molar-refractivity contribution is 5.86. The molecule has 0 amide bonds. The number of hydrogen-bond donors (Lipinski definition) is 3. The van der Waals surface area contributed by atoms with E-state index in [1.54, 1.807) is 0 Å². The molecule has 0 saturated heterocycles. The summed E-state index contributed by atoms with van der Waals surface area (Å²) in [6.07, 6.45) is 5.24. The maximum Gasteiger partial charge on any atom is 0.326 e. The standard InChI is InChI=1S/C24H27N5O/c1-15-5-4-6-16(13-15)22-23(28-21(27-22)11-12-25)17-9-10-20-19(14-17)26-24(30)29(20)18-7-2-3-8-18/h4-6,9-10,13-14,18H,2-3,7-8,11-12,25H2,1H3,(H,26,30)(H,27,28). The van der Waals surface area contributed by atoms with E-state index in [2.05, 4.69) is 53.3 Å². The van der Waals surface area contributed by atoms with Gasteiger partial charge in [0, 0.05) is 23.6 Å². The average molecular weight is 402 g/mol. The van der Waals surface area contributed by atoms with Crippen LogP contribution in [0.4, 0.5) is 0 Å². The third-order valence-corrected chi connectivity index (χ3v) is 6.12. The first-order chi connectivity index (χ1) is 14.6. The van der Waals surface area contributed by atoms with Gasteiger partial charge in [-0.15, -0.1) is 0 Å². The van der Waals surface area contributed by atoms with Crippen molar-refractivity contribution in [1.82, 2.24) is 19.5 Å². The maximum atomic E-state index is 12.7. The van der Waals surface area contributed by atoms with Crippen LogP contribution in [0.5, 0.6) is 0 Å². The molecule has 4 N–H and O–H groups in total. The van der Waals surface area contributed by atoms with E-state index in [9.17, 15) is 4.79 Å². The first-order valence-electron chi connectivity index (χ1n) is 10.7. The second kappa shape index (κ2) is 7.61. The number of rotatable bonds is 5. The molecule has 1 fully saturated rings. The van der Waals surface area contributed by atoms with E-state index >= 15 is 0 Å². The minimum absolute atomic E-state index is 0.0126. The number of nitrogens with two attached hydrogens (primary N) is 1. The molecule has 1 aliphatic carbocycles. The quantitative estimate of drug-likeness (QED) is 0.465. The summed E-state index contributed by atoms with van der Waals surface area (Å²) in [5.74, 6) is 0.876. The SMILES string of the molecule is Cc1cccc(-c2nc(CCN)[nH]c2-c2ccc3c(c2)[nH]c(=O)n3C2CCCC2)c1. The van der Waals surface area contributed by atoms with Gasteiger partial charge in [-0.25, -0.2) is 9.78 Å². The normalized spacial score (nSPS) is 14.7. The Kier molecular flexibility index (Phi) is 4.79. The van der Waals surface area contributed by atoms with E-state index in [1.807, 2.05) is 10.6 Å². The Morgan fingerprint density at radius 2 is 1.93 bits per heavy atom. The molecular weight excluding hydrogens is 374 g/mol. The second-order valence-corrected chi connectivity index (χ2v) is 8.29. The fraction of sp³-hybridized carbons (Fsp3) is 0.333. The van der Waals surface area contributed by atoms with E-state index < -0.39 is 0 Å². The van der Waals surface area contributed by atoms with Crippen molar-refractivity contribution in [2.45, 2.75) is 45.1 Å². The van der Waals surface area contributed by atoms with Gasteiger partial charge in [-0.05, 0) is 44.5 Å². The number of fused-ring (bicyclic) bond motifs is 1. The first kappa shape index (κ1) is 18.9. The Balaban J connectivity index is 1.63. The van der Waals surface area contributed by atoms with E-state index in [0.717, 1.165) is 52.2 Å². The maximum absolute atomic E-state index is 12.7. The number of imidazole rings is 2. The van der Waals surface area contributed by atoms with Crippen molar-refractivity contribution < 1.29 is 0 Å². The number of aryl methyl sites for hydroxylation is 1. The van der Waals surface area contributed by atoms with Crippen molar-refractivity contribution in [2.24, 2.45) is 5.73 Å². The summed E-state index contributed by atoms with van der Waals surface area (Å²) in [6, 6.07) is 14.9. The van der Waals surface area contributed by atoms with Crippen LogP contribution in [0.25, 0.3) is 33.5 Å². The molecule has 2 heterocycles. The lowest BCUT2D eigenvalue weighted by Crippen LogP contribution is -2.20. The molecule has 0 unspecified atom stereocenters. The van der Waals surface area contributed by atoms with Crippen LogP contribution in [-0.2, 0) is 6.42 Å². The lowest BCUT2D eigenvalue weighted by atomic mass is 10.0. The summed E-state index contributed by atoms with van der Waals surface area (Å²) < 4.78 is 1.94. The average Bonchev–Trinajstić information content (AvgIpc) is 3.45. The number of aromatic nitrogens is 4. The Hall–Kier alpha value is -3.12. The number of H-pyrrole nitrogens is 2. The summed E-state index contributed by atoms with van der Waals surface area (Å²) >= 11 is 0. The van der Waals surface area contributed by atoms with Crippen molar-refractivity contribution >= 4 is 11.0 Å². The third-order valence-electron chi connectivity index (χ3n) is 6.12. The van der Waals surface area contributed by atoms with E-state index in [-0.39, 0.29) is 5.69 Å². The number of hydrogen-bond acceptors (Lipinski definition) is 3. The Morgan fingerprint density at radius 1 is 1.10 bits per heavy atom. The molecule has 0 atom stereocenters. The summed E-state index contributed by atoms with van der Waals surface area (Å²) in [7, 11) is 0. The topological polar surface area (TPSA) is 92.5 Å². The smallest absolute Gasteiger partial charge is 0.326 e. The van der Waals surface area contributed by atoms with Crippen molar-refractivity contribution in [3.63, 3.8) is 0 Å². The minimum atomic E-state index is -0.0126. The van der Waals surface area contributed by atoms with E-state index in [4.69, 9.17) is 10.7 Å². The lowest BCUT2D eigenvalue weighted by molar-refractivity contribution is 0.518. The van der Waals surface area contributed by atoms with Crippen LogP contribution in [0, 0.1) is 6.92 Å². The Morgan fingerprint density at radius 3 is 2.70 bits per heavy atom. The lowest BCUT2D eigenvalue weighted by Gasteiger charge is -2.11. The Labute approximate surface area is 175 Å². The number of benzene rings is 2. The van der Waals surface area contributed by atoms with Crippen LogP contribution in [0.15, 0.2) is 47.3 Å². The summed E-state index contributed by atoms with van der Waals surface area (Å²) in [5, 5.41) is 0. The van der Waals surface area contributed by atoms with Gasteiger partial charge in [0.05, 0.1) is 22.4 Å². The zero-order valence-corrected chi connectivity index (χ0v) is 17.2. The first-order valence-corrected chi connectivity index (χ1v) is 10.7. The van der Waals surface area contributed by atoms with Crippen molar-refractivity contribution in [1.29, 1.82) is 0 Å². The number of nitrogens with one attached hydrogen (secondary N) is 2. The van der Waals surface area contributed by atoms with Crippen LogP contribution < -0.4 is 11.4 Å².